The number of alkyl halides is 4. The van der Waals surface area contributed by atoms with Crippen LogP contribution in [0.5, 0.6) is 0 Å². The highest BCUT2D eigenvalue weighted by Crippen LogP contribution is 2.34. The van der Waals surface area contributed by atoms with Gasteiger partial charge in [0, 0.05) is 0 Å². The summed E-state index contributed by atoms with van der Waals surface area (Å²) in [4.78, 5) is 10.7. The number of rotatable bonds is 11. The van der Waals surface area contributed by atoms with E-state index in [0.29, 0.717) is 6.42 Å². The topological polar surface area (TPSA) is 37.3 Å². The van der Waals surface area contributed by atoms with Gasteiger partial charge >= 0.3 is 12.1 Å². The van der Waals surface area contributed by atoms with Gasteiger partial charge in [0.15, 0.2) is 0 Å². The van der Waals surface area contributed by atoms with Crippen molar-refractivity contribution in [3.05, 3.63) is 0 Å². The molecule has 0 rings (SSSR count). The number of carboxylic acid groups (broad SMARTS) is 1. The SMILES string of the molecule is CCCCCCCCCCC(F)(CC(F)(F)F)C(=O)O. The molecule has 0 aromatic carbocycles. The van der Waals surface area contributed by atoms with E-state index in [0.717, 1.165) is 38.5 Å². The van der Waals surface area contributed by atoms with E-state index in [9.17, 15) is 22.4 Å². The molecule has 1 N–H and O–H groups in total. The smallest absolute Gasteiger partial charge is 0.392 e. The van der Waals surface area contributed by atoms with Crippen molar-refractivity contribution in [3.8, 4) is 0 Å². The molecule has 0 amide bonds. The van der Waals surface area contributed by atoms with E-state index in [4.69, 9.17) is 5.11 Å². The molecule has 0 fully saturated rings. The molecule has 120 valence electrons. The first kappa shape index (κ1) is 19.2. The summed E-state index contributed by atoms with van der Waals surface area (Å²) in [6.07, 6.45) is -0.260. The fraction of sp³-hybridized carbons (Fsp3) is 0.929. The Morgan fingerprint density at radius 2 is 1.35 bits per heavy atom. The maximum atomic E-state index is 13.8. The molecule has 0 aliphatic heterocycles. The molecule has 0 aliphatic carbocycles. The van der Waals surface area contributed by atoms with Gasteiger partial charge < -0.3 is 5.11 Å². The fourth-order valence-corrected chi connectivity index (χ4v) is 2.13. The van der Waals surface area contributed by atoms with E-state index in [1.807, 2.05) is 0 Å². The molecule has 0 bridgehead atoms. The maximum absolute atomic E-state index is 13.8. The van der Waals surface area contributed by atoms with Crippen LogP contribution in [-0.2, 0) is 4.79 Å². The highest BCUT2D eigenvalue weighted by atomic mass is 19.4. The molecule has 6 heteroatoms. The lowest BCUT2D eigenvalue weighted by Crippen LogP contribution is -2.38. The quantitative estimate of drug-likeness (QED) is 0.417. The molecule has 2 nitrogen and oxygen atoms in total. The van der Waals surface area contributed by atoms with Crippen LogP contribution >= 0.6 is 0 Å². The zero-order valence-corrected chi connectivity index (χ0v) is 11.9. The number of aliphatic carboxylic acids is 1. The van der Waals surface area contributed by atoms with Crippen LogP contribution in [0.4, 0.5) is 17.6 Å². The number of hydrogen-bond donors (Lipinski definition) is 1. The number of halogens is 4. The van der Waals surface area contributed by atoms with Gasteiger partial charge in [0.1, 0.15) is 0 Å². The number of unbranched alkanes of at least 4 members (excludes halogenated alkanes) is 7. The highest BCUT2D eigenvalue weighted by Gasteiger charge is 2.48. The van der Waals surface area contributed by atoms with Crippen molar-refractivity contribution in [2.24, 2.45) is 0 Å². The Bertz CT molecular complexity index is 279. The predicted octanol–water partition coefficient (Wildman–Crippen LogP) is 5.26. The van der Waals surface area contributed by atoms with Crippen molar-refractivity contribution in [1.29, 1.82) is 0 Å². The monoisotopic (exact) mass is 300 g/mol. The molecule has 1 unspecified atom stereocenters. The molecule has 0 heterocycles. The molecule has 0 aromatic heterocycles. The predicted molar refractivity (Wildman–Crippen MR) is 69.4 cm³/mol. The first-order chi connectivity index (χ1) is 9.21. The molecular formula is C14H24F4O2. The molecule has 0 saturated heterocycles. The third kappa shape index (κ3) is 9.15. The largest absolute Gasteiger partial charge is 0.479 e. The lowest BCUT2D eigenvalue weighted by atomic mass is 9.93. The second-order valence-electron chi connectivity index (χ2n) is 5.29. The van der Waals surface area contributed by atoms with E-state index in [-0.39, 0.29) is 6.42 Å². The Balaban J connectivity index is 3.90. The summed E-state index contributed by atoms with van der Waals surface area (Å²) in [7, 11) is 0. The summed E-state index contributed by atoms with van der Waals surface area (Å²) in [5.74, 6) is -2.02. The lowest BCUT2D eigenvalue weighted by Gasteiger charge is -2.21. The Hall–Kier alpha value is -0.810. The highest BCUT2D eigenvalue weighted by molar-refractivity contribution is 5.77. The molecule has 20 heavy (non-hydrogen) atoms. The normalized spacial score (nSPS) is 15.1. The third-order valence-corrected chi connectivity index (χ3v) is 3.29. The van der Waals surface area contributed by atoms with Gasteiger partial charge in [-0.05, 0) is 12.8 Å². The van der Waals surface area contributed by atoms with Gasteiger partial charge in [0.25, 0.3) is 0 Å². The van der Waals surface area contributed by atoms with Crippen LogP contribution in [0.15, 0.2) is 0 Å². The van der Waals surface area contributed by atoms with Crippen LogP contribution in [0, 0.1) is 0 Å². The maximum Gasteiger partial charge on any atom is 0.392 e. The van der Waals surface area contributed by atoms with E-state index in [1.54, 1.807) is 0 Å². The molecule has 0 spiro atoms. The van der Waals surface area contributed by atoms with E-state index < -0.39 is 30.7 Å². The summed E-state index contributed by atoms with van der Waals surface area (Å²) >= 11 is 0. The summed E-state index contributed by atoms with van der Waals surface area (Å²) < 4.78 is 50.2. The van der Waals surface area contributed by atoms with Crippen LogP contribution in [0.1, 0.15) is 71.1 Å². The van der Waals surface area contributed by atoms with Crippen molar-refractivity contribution in [3.63, 3.8) is 0 Å². The first-order valence-electron chi connectivity index (χ1n) is 7.20. The Labute approximate surface area is 117 Å². The van der Waals surface area contributed by atoms with Crippen LogP contribution in [0.25, 0.3) is 0 Å². The summed E-state index contributed by atoms with van der Waals surface area (Å²) in [5, 5.41) is 8.62. The van der Waals surface area contributed by atoms with Gasteiger partial charge in [-0.2, -0.15) is 13.2 Å². The molecular weight excluding hydrogens is 276 g/mol. The second-order valence-corrected chi connectivity index (χ2v) is 5.29. The van der Waals surface area contributed by atoms with Crippen LogP contribution < -0.4 is 0 Å². The fourth-order valence-electron chi connectivity index (χ4n) is 2.13. The van der Waals surface area contributed by atoms with Crippen molar-refractivity contribution in [2.75, 3.05) is 0 Å². The van der Waals surface area contributed by atoms with E-state index >= 15 is 0 Å². The lowest BCUT2D eigenvalue weighted by molar-refractivity contribution is -0.182. The van der Waals surface area contributed by atoms with Gasteiger partial charge in [-0.25, -0.2) is 9.18 Å². The summed E-state index contributed by atoms with van der Waals surface area (Å²) in [6.45, 7) is 2.10. The zero-order valence-electron chi connectivity index (χ0n) is 11.9. The average molecular weight is 300 g/mol. The van der Waals surface area contributed by atoms with Gasteiger partial charge in [-0.15, -0.1) is 0 Å². The Morgan fingerprint density at radius 3 is 1.75 bits per heavy atom. The first-order valence-corrected chi connectivity index (χ1v) is 7.20. The van der Waals surface area contributed by atoms with Crippen LogP contribution in [0.3, 0.4) is 0 Å². The molecule has 0 aliphatic rings. The minimum absolute atomic E-state index is 0.173. The summed E-state index contributed by atoms with van der Waals surface area (Å²) in [6, 6.07) is 0. The average Bonchev–Trinajstić information content (AvgIpc) is 2.30. The van der Waals surface area contributed by atoms with Crippen LogP contribution in [-0.4, -0.2) is 22.9 Å². The van der Waals surface area contributed by atoms with Crippen molar-refractivity contribution in [2.45, 2.75) is 83.0 Å². The zero-order chi connectivity index (χ0) is 15.6. The van der Waals surface area contributed by atoms with Crippen LogP contribution in [0.2, 0.25) is 0 Å². The second kappa shape index (κ2) is 9.19. The standard InChI is InChI=1S/C14H24F4O2/c1-2-3-4-5-6-7-8-9-10-13(15,12(19)20)11-14(16,17)18/h2-11H2,1H3,(H,19,20). The van der Waals surface area contributed by atoms with Crippen molar-refractivity contribution >= 4 is 5.97 Å². The van der Waals surface area contributed by atoms with Gasteiger partial charge in [0.05, 0.1) is 6.42 Å². The van der Waals surface area contributed by atoms with E-state index in [1.165, 1.54) is 0 Å². The van der Waals surface area contributed by atoms with Gasteiger partial charge in [-0.3, -0.25) is 0 Å². The minimum atomic E-state index is -4.80. The van der Waals surface area contributed by atoms with E-state index in [2.05, 4.69) is 6.92 Å². The van der Waals surface area contributed by atoms with Gasteiger partial charge in [-0.1, -0.05) is 51.9 Å². The van der Waals surface area contributed by atoms with Crippen molar-refractivity contribution < 1.29 is 27.5 Å². The van der Waals surface area contributed by atoms with Gasteiger partial charge in [0.2, 0.25) is 5.67 Å². The summed E-state index contributed by atoms with van der Waals surface area (Å²) in [5.41, 5.74) is -3.18. The third-order valence-electron chi connectivity index (χ3n) is 3.29. The molecule has 0 saturated carbocycles. The number of carbonyl (C=O) groups is 1. The molecule has 1 atom stereocenters. The minimum Gasteiger partial charge on any atom is -0.479 e. The number of carboxylic acids is 1. The molecule has 0 aromatic rings. The van der Waals surface area contributed by atoms with Crippen molar-refractivity contribution in [1.82, 2.24) is 0 Å². The Kier molecular flexibility index (Phi) is 8.81. The number of hydrogen-bond acceptors (Lipinski definition) is 1. The Morgan fingerprint density at radius 1 is 0.900 bits per heavy atom. The molecule has 0 radical (unpaired) electrons.